The van der Waals surface area contributed by atoms with Crippen LogP contribution in [0.2, 0.25) is 0 Å². The third-order valence-electron chi connectivity index (χ3n) is 3.45. The Balaban J connectivity index is 2.10. The monoisotopic (exact) mass is 249 g/mol. The van der Waals surface area contributed by atoms with Crippen LogP contribution in [0.5, 0.6) is 5.75 Å². The lowest BCUT2D eigenvalue weighted by Crippen LogP contribution is -2.24. The van der Waals surface area contributed by atoms with Crippen molar-refractivity contribution in [3.05, 3.63) is 29.3 Å². The van der Waals surface area contributed by atoms with Crippen LogP contribution in [-0.2, 0) is 0 Å². The Hall–Kier alpha value is -1.06. The maximum Gasteiger partial charge on any atom is 0.126 e. The minimum Gasteiger partial charge on any atom is -0.493 e. The van der Waals surface area contributed by atoms with Crippen LogP contribution in [0.3, 0.4) is 0 Å². The van der Waals surface area contributed by atoms with Crippen molar-refractivity contribution >= 4 is 0 Å². The van der Waals surface area contributed by atoms with Gasteiger partial charge in [0.1, 0.15) is 5.75 Å². The van der Waals surface area contributed by atoms with Crippen LogP contribution in [0, 0.1) is 6.92 Å². The number of fused-ring (bicyclic) bond motifs is 1. The lowest BCUT2D eigenvalue weighted by molar-refractivity contribution is 0.182. The molecule has 0 spiro atoms. The second-order valence-electron chi connectivity index (χ2n) is 5.13. The first-order valence-electron chi connectivity index (χ1n) is 6.82. The van der Waals surface area contributed by atoms with Crippen LogP contribution in [0.4, 0.5) is 0 Å². The average molecular weight is 249 g/mol. The fourth-order valence-electron chi connectivity index (χ4n) is 2.44. The number of aryl methyl sites for hydroxylation is 1. The summed E-state index contributed by atoms with van der Waals surface area (Å²) in [5.41, 5.74) is 2.47. The molecule has 1 aromatic carbocycles. The van der Waals surface area contributed by atoms with Gasteiger partial charge < -0.3 is 15.2 Å². The average Bonchev–Trinajstić information content (AvgIpc) is 2.53. The highest BCUT2D eigenvalue weighted by Crippen LogP contribution is 2.33. The van der Waals surface area contributed by atoms with Crippen LogP contribution in [-0.4, -0.2) is 24.4 Å². The Bertz CT molecular complexity index is 390. The van der Waals surface area contributed by atoms with Crippen molar-refractivity contribution in [1.29, 1.82) is 0 Å². The second-order valence-corrected chi connectivity index (χ2v) is 5.13. The topological polar surface area (TPSA) is 41.5 Å². The fourth-order valence-corrected chi connectivity index (χ4v) is 2.44. The molecule has 1 aromatic rings. The number of hydrogen-bond donors (Lipinski definition) is 2. The molecule has 100 valence electrons. The molecular formula is C15H23NO2. The highest BCUT2D eigenvalue weighted by molar-refractivity contribution is 5.43. The molecule has 3 nitrogen and oxygen atoms in total. The van der Waals surface area contributed by atoms with Gasteiger partial charge in [0.15, 0.2) is 0 Å². The molecule has 0 aliphatic carbocycles. The quantitative estimate of drug-likeness (QED) is 0.861. The van der Waals surface area contributed by atoms with Gasteiger partial charge in [0.2, 0.25) is 0 Å². The molecule has 0 saturated heterocycles. The summed E-state index contributed by atoms with van der Waals surface area (Å²) < 4.78 is 5.85. The van der Waals surface area contributed by atoms with Crippen LogP contribution in [0.25, 0.3) is 0 Å². The van der Waals surface area contributed by atoms with Crippen LogP contribution >= 0.6 is 0 Å². The van der Waals surface area contributed by atoms with E-state index in [1.807, 2.05) is 6.92 Å². The summed E-state index contributed by atoms with van der Waals surface area (Å²) in [7, 11) is 0. The minimum atomic E-state index is -0.239. The number of aliphatic hydroxyl groups excluding tert-OH is 1. The summed E-state index contributed by atoms with van der Waals surface area (Å²) in [6.45, 7) is 5.56. The van der Waals surface area contributed by atoms with Crippen molar-refractivity contribution in [2.24, 2.45) is 0 Å². The molecule has 2 unspecified atom stereocenters. The number of rotatable bonds is 4. The first-order chi connectivity index (χ1) is 8.68. The van der Waals surface area contributed by atoms with Gasteiger partial charge in [-0.05, 0) is 45.2 Å². The number of aliphatic hydroxyl groups is 1. The largest absolute Gasteiger partial charge is 0.493 e. The van der Waals surface area contributed by atoms with Gasteiger partial charge in [-0.3, -0.25) is 0 Å². The molecule has 0 radical (unpaired) electrons. The summed E-state index contributed by atoms with van der Waals surface area (Å²) in [5.74, 6) is 1.05. The molecule has 0 saturated carbocycles. The van der Waals surface area contributed by atoms with E-state index in [0.29, 0.717) is 6.04 Å². The van der Waals surface area contributed by atoms with Gasteiger partial charge >= 0.3 is 0 Å². The number of nitrogens with one attached hydrogen (secondary N) is 1. The second kappa shape index (κ2) is 6.21. The van der Waals surface area contributed by atoms with E-state index in [2.05, 4.69) is 30.4 Å². The summed E-state index contributed by atoms with van der Waals surface area (Å²) >= 11 is 0. The molecule has 0 fully saturated rings. The Morgan fingerprint density at radius 1 is 1.50 bits per heavy atom. The fraction of sp³-hybridized carbons (Fsp3) is 0.600. The highest BCUT2D eigenvalue weighted by Gasteiger charge is 2.20. The number of ether oxygens (including phenoxy) is 1. The SMILES string of the molecule is Cc1cccc2c1OCCCC2NCCC(C)O. The molecule has 18 heavy (non-hydrogen) atoms. The van der Waals surface area contributed by atoms with E-state index in [1.54, 1.807) is 0 Å². The van der Waals surface area contributed by atoms with Gasteiger partial charge in [-0.1, -0.05) is 18.2 Å². The van der Waals surface area contributed by atoms with Crippen molar-refractivity contribution in [3.63, 3.8) is 0 Å². The summed E-state index contributed by atoms with van der Waals surface area (Å²) in [4.78, 5) is 0. The lowest BCUT2D eigenvalue weighted by Gasteiger charge is -2.19. The zero-order valence-corrected chi connectivity index (χ0v) is 11.3. The molecule has 0 bridgehead atoms. The van der Waals surface area contributed by atoms with Crippen molar-refractivity contribution in [2.45, 2.75) is 45.3 Å². The van der Waals surface area contributed by atoms with Gasteiger partial charge in [-0.2, -0.15) is 0 Å². The minimum absolute atomic E-state index is 0.239. The van der Waals surface area contributed by atoms with Gasteiger partial charge in [-0.15, -0.1) is 0 Å². The molecule has 0 amide bonds. The van der Waals surface area contributed by atoms with Crippen molar-refractivity contribution in [2.75, 3.05) is 13.2 Å². The van der Waals surface area contributed by atoms with Gasteiger partial charge in [0, 0.05) is 11.6 Å². The Labute approximate surface area is 109 Å². The van der Waals surface area contributed by atoms with E-state index in [0.717, 1.165) is 38.2 Å². The van der Waals surface area contributed by atoms with Crippen molar-refractivity contribution in [3.8, 4) is 5.75 Å². The molecular weight excluding hydrogens is 226 g/mol. The molecule has 2 rings (SSSR count). The first kappa shape index (κ1) is 13.4. The third-order valence-corrected chi connectivity index (χ3v) is 3.45. The van der Waals surface area contributed by atoms with Crippen molar-refractivity contribution < 1.29 is 9.84 Å². The number of hydrogen-bond acceptors (Lipinski definition) is 3. The molecule has 1 aliphatic heterocycles. The Morgan fingerprint density at radius 2 is 2.33 bits per heavy atom. The van der Waals surface area contributed by atoms with Crippen molar-refractivity contribution in [1.82, 2.24) is 5.32 Å². The van der Waals surface area contributed by atoms with Gasteiger partial charge in [0.05, 0.1) is 12.7 Å². The number of benzene rings is 1. The van der Waals surface area contributed by atoms with Crippen LogP contribution in [0.1, 0.15) is 43.4 Å². The van der Waals surface area contributed by atoms with E-state index in [4.69, 9.17) is 4.74 Å². The molecule has 1 heterocycles. The molecule has 1 aliphatic rings. The first-order valence-corrected chi connectivity index (χ1v) is 6.82. The Morgan fingerprint density at radius 3 is 3.11 bits per heavy atom. The van der Waals surface area contributed by atoms with E-state index in [-0.39, 0.29) is 6.10 Å². The number of para-hydroxylation sites is 1. The normalized spacial score (nSPS) is 20.7. The van der Waals surface area contributed by atoms with E-state index < -0.39 is 0 Å². The molecule has 0 aromatic heterocycles. The Kier molecular flexibility index (Phi) is 4.61. The molecule has 2 N–H and O–H groups in total. The lowest BCUT2D eigenvalue weighted by atomic mass is 9.99. The summed E-state index contributed by atoms with van der Waals surface area (Å²) in [6, 6.07) is 6.68. The predicted molar refractivity (Wildman–Crippen MR) is 72.9 cm³/mol. The third kappa shape index (κ3) is 3.24. The van der Waals surface area contributed by atoms with Crippen LogP contribution in [0.15, 0.2) is 18.2 Å². The highest BCUT2D eigenvalue weighted by atomic mass is 16.5. The maximum absolute atomic E-state index is 9.31. The maximum atomic E-state index is 9.31. The van der Waals surface area contributed by atoms with E-state index in [1.165, 1.54) is 11.1 Å². The van der Waals surface area contributed by atoms with E-state index in [9.17, 15) is 5.11 Å². The summed E-state index contributed by atoms with van der Waals surface area (Å²) in [5, 5.41) is 12.8. The smallest absolute Gasteiger partial charge is 0.126 e. The van der Waals surface area contributed by atoms with Crippen LogP contribution < -0.4 is 10.1 Å². The molecule has 3 heteroatoms. The van der Waals surface area contributed by atoms with E-state index >= 15 is 0 Å². The van der Waals surface area contributed by atoms with Gasteiger partial charge in [0.25, 0.3) is 0 Å². The zero-order valence-electron chi connectivity index (χ0n) is 11.3. The summed E-state index contributed by atoms with van der Waals surface area (Å²) in [6.07, 6.45) is 2.71. The molecule has 2 atom stereocenters. The predicted octanol–water partition coefficient (Wildman–Crippen LogP) is 2.57. The zero-order chi connectivity index (χ0) is 13.0. The van der Waals surface area contributed by atoms with Gasteiger partial charge in [-0.25, -0.2) is 0 Å². The standard InChI is InChI=1S/C15H23NO2/c1-11-5-3-6-13-14(16-9-8-12(2)17)7-4-10-18-15(11)13/h3,5-6,12,14,16-17H,4,7-10H2,1-2H3.